The first-order valence-electron chi connectivity index (χ1n) is 9.18. The van der Waals surface area contributed by atoms with Crippen molar-refractivity contribution in [2.75, 3.05) is 10.6 Å². The smallest absolute Gasteiger partial charge is 0.368 e. The normalized spacial score (nSPS) is 12.5. The zero-order chi connectivity index (χ0) is 22.1. The van der Waals surface area contributed by atoms with Gasteiger partial charge in [0, 0.05) is 12.7 Å². The SMILES string of the molecule is Cc1c(NC(C)C(=O)Nc2ccc(C(F)(F)F)cc2)c(=O)n(-c2ccccc2)n1C. The van der Waals surface area contributed by atoms with Gasteiger partial charge in [-0.3, -0.25) is 14.3 Å². The summed E-state index contributed by atoms with van der Waals surface area (Å²) >= 11 is 0. The van der Waals surface area contributed by atoms with Crippen molar-refractivity contribution in [3.8, 4) is 5.69 Å². The second kappa shape index (κ2) is 8.10. The minimum atomic E-state index is -4.44. The van der Waals surface area contributed by atoms with Crippen LogP contribution in [0.4, 0.5) is 24.5 Å². The van der Waals surface area contributed by atoms with Gasteiger partial charge < -0.3 is 10.6 Å². The molecule has 0 saturated heterocycles. The number of para-hydroxylation sites is 1. The van der Waals surface area contributed by atoms with E-state index >= 15 is 0 Å². The minimum Gasteiger partial charge on any atom is -0.368 e. The van der Waals surface area contributed by atoms with E-state index in [0.29, 0.717) is 11.4 Å². The quantitative estimate of drug-likeness (QED) is 0.660. The number of carbonyl (C=O) groups is 1. The molecule has 0 fully saturated rings. The largest absolute Gasteiger partial charge is 0.416 e. The van der Waals surface area contributed by atoms with Crippen molar-refractivity contribution in [2.24, 2.45) is 7.05 Å². The molecule has 158 valence electrons. The highest BCUT2D eigenvalue weighted by Gasteiger charge is 2.30. The maximum Gasteiger partial charge on any atom is 0.416 e. The Hall–Kier alpha value is -3.49. The number of alkyl halides is 3. The first-order valence-corrected chi connectivity index (χ1v) is 9.18. The molecule has 1 atom stereocenters. The topological polar surface area (TPSA) is 68.1 Å². The summed E-state index contributed by atoms with van der Waals surface area (Å²) in [5, 5.41) is 5.47. The van der Waals surface area contributed by atoms with Crippen LogP contribution >= 0.6 is 0 Å². The zero-order valence-electron chi connectivity index (χ0n) is 16.6. The van der Waals surface area contributed by atoms with Crippen molar-refractivity contribution in [1.29, 1.82) is 0 Å². The average Bonchev–Trinajstić information content (AvgIpc) is 2.91. The Kier molecular flexibility index (Phi) is 5.73. The van der Waals surface area contributed by atoms with E-state index in [9.17, 15) is 22.8 Å². The van der Waals surface area contributed by atoms with Crippen LogP contribution in [-0.2, 0) is 18.0 Å². The van der Waals surface area contributed by atoms with E-state index in [1.165, 1.54) is 16.8 Å². The highest BCUT2D eigenvalue weighted by atomic mass is 19.4. The van der Waals surface area contributed by atoms with Crippen LogP contribution in [0, 0.1) is 6.92 Å². The number of nitrogens with one attached hydrogen (secondary N) is 2. The summed E-state index contributed by atoms with van der Waals surface area (Å²) < 4.78 is 41.1. The van der Waals surface area contributed by atoms with E-state index in [1.54, 1.807) is 37.7 Å². The van der Waals surface area contributed by atoms with Crippen LogP contribution < -0.4 is 16.2 Å². The third kappa shape index (κ3) is 4.24. The van der Waals surface area contributed by atoms with E-state index in [4.69, 9.17) is 0 Å². The predicted molar refractivity (Wildman–Crippen MR) is 109 cm³/mol. The Labute approximate surface area is 170 Å². The number of hydrogen-bond acceptors (Lipinski definition) is 3. The Morgan fingerprint density at radius 2 is 1.63 bits per heavy atom. The standard InChI is InChI=1S/C21H21F3N4O2/c1-13(19(29)26-16-11-9-15(10-12-16)21(22,23)24)25-18-14(2)27(3)28(20(18)30)17-7-5-4-6-8-17/h4-13,25H,1-3H3,(H,26,29). The number of carbonyl (C=O) groups excluding carboxylic acids is 1. The van der Waals surface area contributed by atoms with Gasteiger partial charge in [0.25, 0.3) is 5.56 Å². The van der Waals surface area contributed by atoms with Crippen LogP contribution in [0.2, 0.25) is 0 Å². The van der Waals surface area contributed by atoms with Crippen LogP contribution in [0.3, 0.4) is 0 Å². The Bertz CT molecular complexity index is 1100. The Morgan fingerprint density at radius 3 is 2.20 bits per heavy atom. The first-order chi connectivity index (χ1) is 14.1. The highest BCUT2D eigenvalue weighted by Crippen LogP contribution is 2.29. The number of anilines is 2. The van der Waals surface area contributed by atoms with Gasteiger partial charge in [-0.15, -0.1) is 0 Å². The molecule has 6 nitrogen and oxygen atoms in total. The van der Waals surface area contributed by atoms with Crippen LogP contribution in [0.15, 0.2) is 59.4 Å². The molecule has 0 aliphatic heterocycles. The summed E-state index contributed by atoms with van der Waals surface area (Å²) in [6.45, 7) is 3.32. The highest BCUT2D eigenvalue weighted by molar-refractivity contribution is 5.96. The molecule has 30 heavy (non-hydrogen) atoms. The molecule has 3 aromatic rings. The molecule has 0 saturated carbocycles. The van der Waals surface area contributed by atoms with Crippen LogP contribution in [0.5, 0.6) is 0 Å². The molecule has 3 rings (SSSR count). The molecule has 2 N–H and O–H groups in total. The molecule has 1 heterocycles. The molecule has 0 aliphatic rings. The fraction of sp³-hybridized carbons (Fsp3) is 0.238. The lowest BCUT2D eigenvalue weighted by Gasteiger charge is -2.15. The van der Waals surface area contributed by atoms with Gasteiger partial charge in [-0.1, -0.05) is 18.2 Å². The lowest BCUT2D eigenvalue weighted by Crippen LogP contribution is -2.34. The summed E-state index contributed by atoms with van der Waals surface area (Å²) in [6.07, 6.45) is -4.44. The third-order valence-electron chi connectivity index (χ3n) is 4.79. The van der Waals surface area contributed by atoms with E-state index in [1.807, 2.05) is 18.2 Å². The number of benzene rings is 2. The molecule has 1 aromatic heterocycles. The van der Waals surface area contributed by atoms with Crippen LogP contribution in [-0.4, -0.2) is 21.3 Å². The predicted octanol–water partition coefficient (Wildman–Crippen LogP) is 3.94. The maximum absolute atomic E-state index is 12.9. The summed E-state index contributed by atoms with van der Waals surface area (Å²) in [7, 11) is 1.74. The Balaban J connectivity index is 1.77. The van der Waals surface area contributed by atoms with E-state index < -0.39 is 23.7 Å². The molecular formula is C21H21F3N4O2. The molecule has 9 heteroatoms. The minimum absolute atomic E-state index is 0.230. The van der Waals surface area contributed by atoms with Crippen molar-refractivity contribution >= 4 is 17.3 Å². The fourth-order valence-electron chi connectivity index (χ4n) is 3.01. The van der Waals surface area contributed by atoms with Crippen molar-refractivity contribution in [2.45, 2.75) is 26.1 Å². The van der Waals surface area contributed by atoms with Gasteiger partial charge >= 0.3 is 6.18 Å². The number of amides is 1. The second-order valence-electron chi connectivity index (χ2n) is 6.87. The van der Waals surface area contributed by atoms with Gasteiger partial charge in [0.1, 0.15) is 11.7 Å². The molecule has 0 radical (unpaired) electrons. The van der Waals surface area contributed by atoms with Gasteiger partial charge in [-0.2, -0.15) is 13.2 Å². The van der Waals surface area contributed by atoms with Gasteiger partial charge in [0.05, 0.1) is 16.9 Å². The van der Waals surface area contributed by atoms with Crippen molar-refractivity contribution < 1.29 is 18.0 Å². The van der Waals surface area contributed by atoms with Gasteiger partial charge in [0.15, 0.2) is 0 Å². The van der Waals surface area contributed by atoms with Crippen LogP contribution in [0.25, 0.3) is 5.69 Å². The summed E-state index contributed by atoms with van der Waals surface area (Å²) in [4.78, 5) is 25.4. The maximum atomic E-state index is 12.9. The van der Waals surface area contributed by atoms with Crippen molar-refractivity contribution in [3.05, 3.63) is 76.2 Å². The fourth-order valence-corrected chi connectivity index (χ4v) is 3.01. The van der Waals surface area contributed by atoms with Crippen molar-refractivity contribution in [1.82, 2.24) is 9.36 Å². The number of halogens is 3. The summed E-state index contributed by atoms with van der Waals surface area (Å²) in [5.41, 5.74) is 0.717. The van der Waals surface area contributed by atoms with Gasteiger partial charge in [-0.05, 0) is 50.2 Å². The average molecular weight is 418 g/mol. The first kappa shape index (κ1) is 21.2. The zero-order valence-corrected chi connectivity index (χ0v) is 16.6. The lowest BCUT2D eigenvalue weighted by atomic mass is 10.2. The second-order valence-corrected chi connectivity index (χ2v) is 6.87. The molecular weight excluding hydrogens is 397 g/mol. The molecule has 1 unspecified atom stereocenters. The molecule has 1 amide bonds. The molecule has 2 aromatic carbocycles. The van der Waals surface area contributed by atoms with E-state index in [-0.39, 0.29) is 16.9 Å². The summed E-state index contributed by atoms with van der Waals surface area (Å²) in [6, 6.07) is 12.4. The molecule has 0 aliphatic carbocycles. The number of hydrogen-bond donors (Lipinski definition) is 2. The number of nitrogens with zero attached hydrogens (tertiary/aromatic N) is 2. The molecule has 0 spiro atoms. The van der Waals surface area contributed by atoms with Gasteiger partial charge in [0.2, 0.25) is 5.91 Å². The lowest BCUT2D eigenvalue weighted by molar-refractivity contribution is -0.137. The van der Waals surface area contributed by atoms with Crippen molar-refractivity contribution in [3.63, 3.8) is 0 Å². The van der Waals surface area contributed by atoms with E-state index in [0.717, 1.165) is 12.1 Å². The van der Waals surface area contributed by atoms with Crippen LogP contribution in [0.1, 0.15) is 18.2 Å². The van der Waals surface area contributed by atoms with E-state index in [2.05, 4.69) is 10.6 Å². The number of rotatable bonds is 5. The monoisotopic (exact) mass is 418 g/mol. The van der Waals surface area contributed by atoms with Gasteiger partial charge in [-0.25, -0.2) is 4.68 Å². The third-order valence-corrected chi connectivity index (χ3v) is 4.79. The summed E-state index contributed by atoms with van der Waals surface area (Å²) in [5.74, 6) is -0.483. The number of aromatic nitrogens is 2. The molecule has 0 bridgehead atoms. The Morgan fingerprint density at radius 1 is 1.03 bits per heavy atom.